The van der Waals surface area contributed by atoms with Crippen LogP contribution in [0.25, 0.3) is 44.5 Å². The first-order valence-electron chi connectivity index (χ1n) is 20.3. The normalized spacial score (nSPS) is 18.4. The molecule has 4 amide bonds. The number of H-pyrrole nitrogens is 2. The van der Waals surface area contributed by atoms with Gasteiger partial charge in [0.2, 0.25) is 11.8 Å². The van der Waals surface area contributed by atoms with Crippen molar-refractivity contribution in [2.75, 3.05) is 20.2 Å². The summed E-state index contributed by atoms with van der Waals surface area (Å²) < 4.78 is 11.1. The van der Waals surface area contributed by atoms with Crippen LogP contribution in [-0.4, -0.2) is 91.1 Å². The summed E-state index contributed by atoms with van der Waals surface area (Å²) in [5, 5.41) is 14.4. The third kappa shape index (κ3) is 7.68. The molecule has 15 heteroatoms. The lowest BCUT2D eigenvalue weighted by atomic mass is 9.92. The van der Waals surface area contributed by atoms with E-state index >= 15 is 0 Å². The van der Waals surface area contributed by atoms with Gasteiger partial charge in [-0.25, -0.2) is 19.6 Å². The largest absolute Gasteiger partial charge is 0.488 e. The van der Waals surface area contributed by atoms with Crippen LogP contribution in [0.5, 0.6) is 5.75 Å². The number of aromatic amines is 2. The molecule has 0 aliphatic carbocycles. The van der Waals surface area contributed by atoms with Crippen LogP contribution >= 0.6 is 0 Å². The predicted octanol–water partition coefficient (Wildman–Crippen LogP) is 7.18. The van der Waals surface area contributed by atoms with Gasteiger partial charge in [0.1, 0.15) is 36.1 Å². The van der Waals surface area contributed by atoms with E-state index in [4.69, 9.17) is 14.5 Å². The van der Waals surface area contributed by atoms with Gasteiger partial charge in [0.15, 0.2) is 0 Å². The summed E-state index contributed by atoms with van der Waals surface area (Å²) in [5.74, 6) is 1.50. The highest BCUT2D eigenvalue weighted by molar-refractivity contribution is 5.88. The van der Waals surface area contributed by atoms with Crippen LogP contribution in [-0.2, 0) is 20.9 Å². The molecule has 5 heterocycles. The molecule has 308 valence electrons. The van der Waals surface area contributed by atoms with E-state index in [1.807, 2.05) is 44.7 Å². The maximum Gasteiger partial charge on any atom is 0.407 e. The van der Waals surface area contributed by atoms with Gasteiger partial charge in [-0.1, -0.05) is 58.0 Å². The number of hydrogen-bond donors (Lipinski definition) is 5. The molecule has 59 heavy (non-hydrogen) atoms. The number of amides is 4. The topological polar surface area (TPSA) is 195 Å². The van der Waals surface area contributed by atoms with Crippen molar-refractivity contribution in [1.82, 2.24) is 40.4 Å². The zero-order valence-electron chi connectivity index (χ0n) is 33.9. The van der Waals surface area contributed by atoms with Crippen LogP contribution < -0.4 is 15.4 Å². The van der Waals surface area contributed by atoms with E-state index in [-0.39, 0.29) is 35.7 Å². The summed E-state index contributed by atoms with van der Waals surface area (Å²) in [6.45, 7) is 8.99. The average Bonchev–Trinajstić information content (AvgIpc) is 4.06. The Bertz CT molecular complexity index is 2420. The highest BCUT2D eigenvalue weighted by Gasteiger charge is 2.39. The van der Waals surface area contributed by atoms with Gasteiger partial charge in [-0.05, 0) is 89.6 Å². The summed E-state index contributed by atoms with van der Waals surface area (Å²) in [7, 11) is 1.29. The van der Waals surface area contributed by atoms with Gasteiger partial charge in [-0.2, -0.15) is 0 Å². The van der Waals surface area contributed by atoms with Gasteiger partial charge in [0.25, 0.3) is 0 Å². The van der Waals surface area contributed by atoms with Crippen LogP contribution in [0.2, 0.25) is 0 Å². The maximum absolute atomic E-state index is 13.7. The minimum atomic E-state index is -1.22. The number of likely N-dealkylation sites (tertiary alicyclic amines) is 2. The Balaban J connectivity index is 0.982. The molecule has 4 atom stereocenters. The molecule has 2 aromatic heterocycles. The lowest BCUT2D eigenvalue weighted by Gasteiger charge is -2.29. The smallest absolute Gasteiger partial charge is 0.407 e. The van der Waals surface area contributed by atoms with Gasteiger partial charge in [-0.3, -0.25) is 9.59 Å². The number of rotatable bonds is 10. The summed E-state index contributed by atoms with van der Waals surface area (Å²) in [4.78, 5) is 70.6. The number of hydrogen-bond acceptors (Lipinski definition) is 8. The summed E-state index contributed by atoms with van der Waals surface area (Å²) >= 11 is 0. The number of benzene rings is 3. The van der Waals surface area contributed by atoms with Crippen molar-refractivity contribution in [3.63, 3.8) is 0 Å². The summed E-state index contributed by atoms with van der Waals surface area (Å²) in [5.41, 5.74) is 8.57. The summed E-state index contributed by atoms with van der Waals surface area (Å²) in [6, 6.07) is 16.6. The number of ether oxygens (including phenoxy) is 2. The Labute approximate surface area is 341 Å². The molecule has 3 aromatic carbocycles. The zero-order chi connectivity index (χ0) is 41.5. The van der Waals surface area contributed by atoms with E-state index in [0.717, 1.165) is 87.4 Å². The van der Waals surface area contributed by atoms with Crippen LogP contribution in [0.15, 0.2) is 60.8 Å². The molecule has 15 nitrogen and oxygen atoms in total. The fraction of sp³-hybridized carbons (Fsp3) is 0.409. The Morgan fingerprint density at radius 2 is 1.42 bits per heavy atom. The average molecular weight is 803 g/mol. The molecule has 5 N–H and O–H groups in total. The number of fused-ring (bicyclic) bond motifs is 4. The monoisotopic (exact) mass is 802 g/mol. The van der Waals surface area contributed by atoms with Crippen molar-refractivity contribution in [2.24, 2.45) is 11.8 Å². The Kier molecular flexibility index (Phi) is 10.8. The van der Waals surface area contributed by atoms with Crippen LogP contribution in [0, 0.1) is 11.8 Å². The molecule has 5 aromatic rings. The lowest BCUT2D eigenvalue weighted by Crippen LogP contribution is -2.51. The fourth-order valence-corrected chi connectivity index (χ4v) is 8.70. The van der Waals surface area contributed by atoms with Gasteiger partial charge < -0.3 is 45.0 Å². The highest BCUT2D eigenvalue weighted by Crippen LogP contribution is 2.42. The quantitative estimate of drug-likeness (QED) is 0.0972. The molecule has 0 spiro atoms. The third-order valence-corrected chi connectivity index (χ3v) is 11.8. The molecule has 0 saturated carbocycles. The standard InChI is InChI=1S/C44H50N8O7/c1-23(2)37(49-43(55)56)41(53)51-16-6-8-34(51)39-45-21-33(48-39)27-11-13-29-28(18-27)22-59-36-20-26(10-14-30(29)36)25-12-15-31-32(19-25)47-40(46-31)35-9-7-17-52(35)42(54)38(24(3)4)50-44(57)58-5/h10-15,18-21,23-24,34-35,37-38,49H,6-9,16-17,22H2,1-5H3,(H,45,48)(H,46,47)(H,50,57)(H,55,56). The number of aromatic nitrogens is 4. The first kappa shape index (κ1) is 39.4. The SMILES string of the molecule is COC(=O)NC(C(=O)N1CCCC1c1nc2ccc(-c3ccc4c(c3)OCc3cc(-c5cnc(C6CCCN6C(=O)C(NC(=O)O)C(C)C)[nH]5)ccc3-4)cc2[nH]1)C(C)C. The van der Waals surface area contributed by atoms with E-state index < -0.39 is 24.3 Å². The lowest BCUT2D eigenvalue weighted by molar-refractivity contribution is -0.136. The molecule has 8 rings (SSSR count). The first-order chi connectivity index (χ1) is 28.4. The third-order valence-electron chi connectivity index (χ3n) is 11.8. The zero-order valence-corrected chi connectivity index (χ0v) is 33.9. The van der Waals surface area contributed by atoms with E-state index in [1.165, 1.54) is 7.11 Å². The molecular formula is C44H50N8O7. The number of methoxy groups -OCH3 is 1. The molecule has 0 bridgehead atoms. The Morgan fingerprint density at radius 3 is 2.10 bits per heavy atom. The van der Waals surface area contributed by atoms with Crippen molar-refractivity contribution in [1.29, 1.82) is 0 Å². The van der Waals surface area contributed by atoms with Gasteiger partial charge in [0.05, 0.1) is 42.1 Å². The number of carboxylic acid groups (broad SMARTS) is 1. The second-order valence-corrected chi connectivity index (χ2v) is 16.3. The number of carbonyl (C=O) groups is 4. The van der Waals surface area contributed by atoms with Crippen LogP contribution in [0.3, 0.4) is 0 Å². The van der Waals surface area contributed by atoms with E-state index in [1.54, 1.807) is 11.1 Å². The molecule has 0 radical (unpaired) electrons. The number of nitrogens with one attached hydrogen (secondary N) is 4. The highest BCUT2D eigenvalue weighted by atomic mass is 16.5. The van der Waals surface area contributed by atoms with Gasteiger partial charge in [0, 0.05) is 18.7 Å². The van der Waals surface area contributed by atoms with Crippen molar-refractivity contribution >= 4 is 35.0 Å². The molecule has 3 aliphatic rings. The van der Waals surface area contributed by atoms with Crippen LogP contribution in [0.4, 0.5) is 9.59 Å². The fourth-order valence-electron chi connectivity index (χ4n) is 8.70. The second kappa shape index (κ2) is 16.1. The molecular weight excluding hydrogens is 753 g/mol. The van der Waals surface area contributed by atoms with E-state index in [9.17, 15) is 24.3 Å². The number of nitrogens with zero attached hydrogens (tertiary/aromatic N) is 4. The van der Waals surface area contributed by atoms with Crippen LogP contribution in [0.1, 0.15) is 82.7 Å². The van der Waals surface area contributed by atoms with Gasteiger partial charge >= 0.3 is 12.2 Å². The van der Waals surface area contributed by atoms with E-state index in [2.05, 4.69) is 68.1 Å². The molecule has 2 saturated heterocycles. The minimum absolute atomic E-state index is 0.117. The first-order valence-corrected chi connectivity index (χ1v) is 20.3. The number of imidazole rings is 2. The molecule has 2 fully saturated rings. The Hall–Kier alpha value is -6.38. The molecule has 4 unspecified atom stereocenters. The van der Waals surface area contributed by atoms with Crippen molar-refractivity contribution in [3.05, 3.63) is 78.0 Å². The number of alkyl carbamates (subject to hydrolysis) is 1. The van der Waals surface area contributed by atoms with Crippen molar-refractivity contribution < 1.29 is 33.8 Å². The summed E-state index contributed by atoms with van der Waals surface area (Å²) in [6.07, 6.45) is 3.09. The van der Waals surface area contributed by atoms with Crippen molar-refractivity contribution in [2.45, 2.75) is 84.2 Å². The van der Waals surface area contributed by atoms with Crippen molar-refractivity contribution in [3.8, 4) is 39.3 Å². The van der Waals surface area contributed by atoms with E-state index in [0.29, 0.717) is 25.5 Å². The predicted molar refractivity (Wildman–Crippen MR) is 220 cm³/mol. The minimum Gasteiger partial charge on any atom is -0.488 e. The van der Waals surface area contributed by atoms with Gasteiger partial charge in [-0.15, -0.1) is 0 Å². The maximum atomic E-state index is 13.7. The molecule has 3 aliphatic heterocycles. The second-order valence-electron chi connectivity index (χ2n) is 16.3. The Morgan fingerprint density at radius 1 is 0.797 bits per heavy atom. The number of carbonyl (C=O) groups excluding carboxylic acids is 3.